The Bertz CT molecular complexity index is 1580. The van der Waals surface area contributed by atoms with E-state index in [1.807, 2.05) is 24.3 Å². The second-order valence-electron chi connectivity index (χ2n) is 11.1. The van der Waals surface area contributed by atoms with Gasteiger partial charge in [0.15, 0.2) is 0 Å². The van der Waals surface area contributed by atoms with Gasteiger partial charge in [-0.25, -0.2) is 12.8 Å². The number of carbonyl (C=O) groups is 1. The molecular formula is C31H32ClFN2O5S. The predicted molar refractivity (Wildman–Crippen MR) is 156 cm³/mol. The van der Waals surface area contributed by atoms with E-state index in [9.17, 15) is 17.6 Å². The number of rotatable bonds is 8. The topological polar surface area (TPSA) is 84.9 Å². The van der Waals surface area contributed by atoms with Gasteiger partial charge in [0.2, 0.25) is 5.91 Å². The number of nitrogens with one attached hydrogen (secondary N) is 1. The highest BCUT2D eigenvalue weighted by Gasteiger charge is 2.55. The van der Waals surface area contributed by atoms with Gasteiger partial charge in [0.25, 0.3) is 10.0 Å². The Balaban J connectivity index is 1.43. The summed E-state index contributed by atoms with van der Waals surface area (Å²) >= 11 is 5.84. The molecule has 0 saturated heterocycles. The van der Waals surface area contributed by atoms with Gasteiger partial charge in [-0.1, -0.05) is 36.6 Å². The molecule has 2 saturated carbocycles. The third kappa shape index (κ3) is 5.14. The molecule has 41 heavy (non-hydrogen) atoms. The highest BCUT2D eigenvalue weighted by molar-refractivity contribution is 7.92. The Hall–Kier alpha value is -3.30. The summed E-state index contributed by atoms with van der Waals surface area (Å²) in [6.45, 7) is 0.347. The molecule has 6 rings (SSSR count). The maximum absolute atomic E-state index is 14.6. The van der Waals surface area contributed by atoms with Crippen LogP contribution in [0.5, 0.6) is 11.5 Å². The van der Waals surface area contributed by atoms with E-state index in [1.54, 1.807) is 24.1 Å². The van der Waals surface area contributed by atoms with Gasteiger partial charge >= 0.3 is 0 Å². The number of halogens is 2. The largest absolute Gasteiger partial charge is 0.497 e. The molecule has 2 aliphatic carbocycles. The van der Waals surface area contributed by atoms with Crippen molar-refractivity contribution in [2.24, 2.45) is 0 Å². The highest BCUT2D eigenvalue weighted by Crippen LogP contribution is 2.57. The molecule has 0 unspecified atom stereocenters. The Labute approximate surface area is 244 Å². The molecule has 3 aromatic carbocycles. The first-order chi connectivity index (χ1) is 19.7. The first-order valence-electron chi connectivity index (χ1n) is 14.0. The Kier molecular flexibility index (Phi) is 7.36. The quantitative estimate of drug-likeness (QED) is 0.303. The molecule has 1 N–H and O–H groups in total. The number of amides is 1. The molecule has 0 aromatic heterocycles. The first kappa shape index (κ1) is 27.8. The predicted octanol–water partition coefficient (Wildman–Crippen LogP) is 6.97. The normalized spacial score (nSPS) is 18.2. The molecule has 10 heteroatoms. The number of carbonyl (C=O) groups excluding carboxylic acids is 1. The molecule has 0 bridgehead atoms. The van der Waals surface area contributed by atoms with Crippen LogP contribution in [0.15, 0.2) is 59.5 Å². The third-order valence-electron chi connectivity index (χ3n) is 8.50. The monoisotopic (exact) mass is 598 g/mol. The molecular weight excluding hydrogens is 567 g/mol. The van der Waals surface area contributed by atoms with Crippen molar-refractivity contribution in [3.8, 4) is 11.5 Å². The van der Waals surface area contributed by atoms with Crippen LogP contribution in [0.4, 0.5) is 15.8 Å². The van der Waals surface area contributed by atoms with Crippen molar-refractivity contribution in [1.82, 2.24) is 0 Å². The van der Waals surface area contributed by atoms with Gasteiger partial charge in [0.1, 0.15) is 22.2 Å². The lowest BCUT2D eigenvalue weighted by Crippen LogP contribution is -2.44. The molecule has 0 atom stereocenters. The van der Waals surface area contributed by atoms with Gasteiger partial charge in [0, 0.05) is 11.1 Å². The summed E-state index contributed by atoms with van der Waals surface area (Å²) in [5, 5.41) is 0.101. The summed E-state index contributed by atoms with van der Waals surface area (Å²) in [4.78, 5) is 15.4. The number of benzene rings is 3. The zero-order chi connectivity index (χ0) is 28.8. The molecule has 7 nitrogen and oxygen atoms in total. The average molecular weight is 599 g/mol. The smallest absolute Gasteiger partial charge is 0.264 e. The standard InChI is InChI=1S/C31H32ClFN2O5S/c1-39-23-11-8-20(9-12-23)19-35-29-25(31(30(35)36)14-5-15-31)17-22(18-27(29)40-24-6-3-2-4-7-24)34-41(37,38)28-13-10-21(32)16-26(28)33/h8-13,16-18,24,34H,2-7,14-15,19H2,1H3. The number of hydrogen-bond donors (Lipinski definition) is 1. The van der Waals surface area contributed by atoms with E-state index < -0.39 is 26.2 Å². The van der Waals surface area contributed by atoms with Crippen LogP contribution in [0.1, 0.15) is 62.5 Å². The van der Waals surface area contributed by atoms with Crippen molar-refractivity contribution in [2.75, 3.05) is 16.7 Å². The summed E-state index contributed by atoms with van der Waals surface area (Å²) in [6.07, 6.45) is 7.22. The van der Waals surface area contributed by atoms with Crippen LogP contribution in [0, 0.1) is 5.82 Å². The second-order valence-corrected chi connectivity index (χ2v) is 13.2. The van der Waals surface area contributed by atoms with Crippen molar-refractivity contribution < 1.29 is 27.1 Å². The molecule has 1 heterocycles. The molecule has 1 amide bonds. The fourth-order valence-electron chi connectivity index (χ4n) is 6.22. The maximum Gasteiger partial charge on any atom is 0.264 e. The van der Waals surface area contributed by atoms with E-state index in [2.05, 4.69) is 4.72 Å². The van der Waals surface area contributed by atoms with Crippen molar-refractivity contribution in [1.29, 1.82) is 0 Å². The zero-order valence-electron chi connectivity index (χ0n) is 22.8. The van der Waals surface area contributed by atoms with Crippen LogP contribution in [-0.2, 0) is 26.8 Å². The lowest BCUT2D eigenvalue weighted by molar-refractivity contribution is -0.126. The van der Waals surface area contributed by atoms with Crippen molar-refractivity contribution in [2.45, 2.75) is 74.3 Å². The minimum Gasteiger partial charge on any atom is -0.497 e. The van der Waals surface area contributed by atoms with E-state index in [0.29, 0.717) is 30.8 Å². The van der Waals surface area contributed by atoms with Crippen LogP contribution in [-0.4, -0.2) is 27.5 Å². The van der Waals surface area contributed by atoms with E-state index in [4.69, 9.17) is 21.1 Å². The minimum absolute atomic E-state index is 0.00758. The summed E-state index contributed by atoms with van der Waals surface area (Å²) in [5.74, 6) is 0.245. The van der Waals surface area contributed by atoms with E-state index in [-0.39, 0.29) is 22.7 Å². The Morgan fingerprint density at radius 3 is 2.39 bits per heavy atom. The number of methoxy groups -OCH3 is 1. The molecule has 216 valence electrons. The van der Waals surface area contributed by atoms with Crippen LogP contribution in [0.3, 0.4) is 0 Å². The van der Waals surface area contributed by atoms with Crippen LogP contribution >= 0.6 is 11.6 Å². The van der Waals surface area contributed by atoms with Crippen LogP contribution in [0.2, 0.25) is 5.02 Å². The van der Waals surface area contributed by atoms with Gasteiger partial charge in [-0.15, -0.1) is 0 Å². The second kappa shape index (κ2) is 10.8. The summed E-state index contributed by atoms with van der Waals surface area (Å²) in [7, 11) is -2.68. The van der Waals surface area contributed by atoms with Gasteiger partial charge in [-0.05, 0) is 86.1 Å². The van der Waals surface area contributed by atoms with Gasteiger partial charge in [-0.2, -0.15) is 0 Å². The Morgan fingerprint density at radius 1 is 1.02 bits per heavy atom. The zero-order valence-corrected chi connectivity index (χ0v) is 24.4. The summed E-state index contributed by atoms with van der Waals surface area (Å²) in [5.41, 5.74) is 1.88. The molecule has 3 aromatic rings. The van der Waals surface area contributed by atoms with Crippen LogP contribution < -0.4 is 19.1 Å². The van der Waals surface area contributed by atoms with E-state index in [1.165, 1.54) is 6.07 Å². The van der Waals surface area contributed by atoms with Gasteiger partial charge in [0.05, 0.1) is 36.5 Å². The lowest BCUT2D eigenvalue weighted by Gasteiger charge is -2.37. The minimum atomic E-state index is -4.29. The summed E-state index contributed by atoms with van der Waals surface area (Å²) in [6, 6.07) is 14.4. The van der Waals surface area contributed by atoms with Crippen molar-refractivity contribution in [3.63, 3.8) is 0 Å². The fraction of sp³-hybridized carbons (Fsp3) is 0.387. The number of sulfonamides is 1. The molecule has 1 spiro atoms. The lowest BCUT2D eigenvalue weighted by atomic mass is 9.65. The number of ether oxygens (including phenoxy) is 2. The molecule has 2 fully saturated rings. The molecule has 3 aliphatic rings. The fourth-order valence-corrected chi connectivity index (χ4v) is 7.48. The maximum atomic E-state index is 14.6. The first-order valence-corrected chi connectivity index (χ1v) is 15.8. The number of anilines is 2. The Morgan fingerprint density at radius 2 is 1.76 bits per heavy atom. The number of hydrogen-bond acceptors (Lipinski definition) is 5. The van der Waals surface area contributed by atoms with E-state index >= 15 is 0 Å². The van der Waals surface area contributed by atoms with Crippen LogP contribution in [0.25, 0.3) is 0 Å². The molecule has 1 aliphatic heterocycles. The highest BCUT2D eigenvalue weighted by atomic mass is 35.5. The SMILES string of the molecule is COc1ccc(CN2C(=O)C3(CCC3)c3cc(NS(=O)(=O)c4ccc(Cl)cc4F)cc(OC4CCCCC4)c32)cc1. The molecule has 0 radical (unpaired) electrons. The summed E-state index contributed by atoms with van der Waals surface area (Å²) < 4.78 is 55.6. The van der Waals surface area contributed by atoms with Gasteiger partial charge in [-0.3, -0.25) is 9.52 Å². The average Bonchev–Trinajstić information content (AvgIpc) is 3.17. The third-order valence-corrected chi connectivity index (χ3v) is 10.2. The number of nitrogens with zero attached hydrogens (tertiary/aromatic N) is 1. The van der Waals surface area contributed by atoms with Crippen molar-refractivity contribution in [3.05, 3.63) is 76.6 Å². The van der Waals surface area contributed by atoms with Gasteiger partial charge < -0.3 is 14.4 Å². The van der Waals surface area contributed by atoms with E-state index in [0.717, 1.165) is 67.5 Å². The number of fused-ring (bicyclic) bond motifs is 2. The van der Waals surface area contributed by atoms with Crippen molar-refractivity contribution >= 4 is 38.9 Å².